The van der Waals surface area contributed by atoms with Crippen LogP contribution in [0.2, 0.25) is 0 Å². The summed E-state index contributed by atoms with van der Waals surface area (Å²) >= 11 is 0. The fourth-order valence-corrected chi connectivity index (χ4v) is 3.06. The van der Waals surface area contributed by atoms with Crippen molar-refractivity contribution in [1.82, 2.24) is 9.97 Å². The first kappa shape index (κ1) is 24.1. The minimum Gasteiger partial charge on any atom is -0.305 e. The van der Waals surface area contributed by atoms with Gasteiger partial charge in [-0.3, -0.25) is 4.39 Å². The minimum absolute atomic E-state index is 0. The Balaban J connectivity index is 0.000000186. The van der Waals surface area contributed by atoms with Crippen molar-refractivity contribution in [3.05, 3.63) is 133 Å². The molecule has 2 nitrogen and oxygen atoms in total. The molecule has 0 aliphatic carbocycles. The molecule has 2 aromatic heterocycles. The number of nitrogens with zero attached hydrogens (tertiary/aromatic N) is 2. The second-order valence-electron chi connectivity index (χ2n) is 6.80. The zero-order valence-corrected chi connectivity index (χ0v) is 19.8. The molecule has 0 bridgehead atoms. The van der Waals surface area contributed by atoms with Gasteiger partial charge < -0.3 is 9.97 Å². The summed E-state index contributed by atoms with van der Waals surface area (Å²) in [5.74, 6) is -1.80. The quantitative estimate of drug-likeness (QED) is 0.204. The summed E-state index contributed by atoms with van der Waals surface area (Å²) in [6.07, 6.45) is 3.43. The SMILES string of the molecule is Fc1cc[c-]c(-c2ccccn2)c1F.[Ir].[c-]1ccccc1-c1ccc(-c2ccccc2)cn1. The van der Waals surface area contributed by atoms with Crippen LogP contribution in [0.15, 0.2) is 109 Å². The van der Waals surface area contributed by atoms with Crippen molar-refractivity contribution >= 4 is 0 Å². The average molecular weight is 613 g/mol. The van der Waals surface area contributed by atoms with Gasteiger partial charge in [0, 0.05) is 32.5 Å². The van der Waals surface area contributed by atoms with Crippen LogP contribution < -0.4 is 0 Å². The molecule has 165 valence electrons. The first-order chi connectivity index (χ1) is 15.7. The third-order valence-electron chi connectivity index (χ3n) is 4.66. The molecule has 3 aromatic carbocycles. The van der Waals surface area contributed by atoms with Gasteiger partial charge in [-0.05, 0) is 28.6 Å². The summed E-state index contributed by atoms with van der Waals surface area (Å²) in [5.41, 5.74) is 4.74. The maximum Gasteiger partial charge on any atom is 0.0765 e. The molecule has 0 aliphatic heterocycles. The number of hydrogen-bond acceptors (Lipinski definition) is 2. The largest absolute Gasteiger partial charge is 0.305 e. The summed E-state index contributed by atoms with van der Waals surface area (Å²) in [6.45, 7) is 0. The van der Waals surface area contributed by atoms with Crippen LogP contribution in [0, 0.1) is 23.8 Å². The number of pyridine rings is 2. The normalized spacial score (nSPS) is 9.88. The van der Waals surface area contributed by atoms with Gasteiger partial charge in [0.1, 0.15) is 0 Å². The van der Waals surface area contributed by atoms with E-state index in [0.717, 1.165) is 22.9 Å². The van der Waals surface area contributed by atoms with Crippen LogP contribution in [0.25, 0.3) is 33.6 Å². The Kier molecular flexibility index (Phi) is 8.70. The van der Waals surface area contributed by atoms with Crippen molar-refractivity contribution in [2.45, 2.75) is 0 Å². The minimum atomic E-state index is -0.911. The molecule has 5 rings (SSSR count). The van der Waals surface area contributed by atoms with Gasteiger partial charge in [0.05, 0.1) is 11.6 Å². The van der Waals surface area contributed by atoms with Crippen LogP contribution in [0.1, 0.15) is 0 Å². The van der Waals surface area contributed by atoms with E-state index in [9.17, 15) is 8.78 Å². The molecular weight excluding hydrogens is 595 g/mol. The maximum absolute atomic E-state index is 13.2. The zero-order valence-electron chi connectivity index (χ0n) is 17.4. The van der Waals surface area contributed by atoms with E-state index in [4.69, 9.17) is 0 Å². The topological polar surface area (TPSA) is 25.8 Å². The third-order valence-corrected chi connectivity index (χ3v) is 4.66. The number of rotatable bonds is 3. The average Bonchev–Trinajstić information content (AvgIpc) is 2.88. The van der Waals surface area contributed by atoms with Gasteiger partial charge in [-0.2, -0.15) is 0 Å². The molecule has 0 unspecified atom stereocenters. The molecule has 0 saturated heterocycles. The van der Waals surface area contributed by atoms with E-state index in [0.29, 0.717) is 5.69 Å². The van der Waals surface area contributed by atoms with Crippen LogP contribution in [0.3, 0.4) is 0 Å². The second kappa shape index (κ2) is 11.9. The van der Waals surface area contributed by atoms with Crippen molar-refractivity contribution < 1.29 is 28.9 Å². The summed E-state index contributed by atoms with van der Waals surface area (Å²) < 4.78 is 26.1. The standard InChI is InChI=1S/C17H12N.C11H6F2N.Ir/c1-3-7-14(8-4-1)16-11-12-17(18-13-16)15-9-5-2-6-10-15;12-9-5-3-4-8(11(9)13)10-6-1-2-7-14-10;/h1-9,11-13H;1-3,5-7H;/q2*-1;. The Morgan fingerprint density at radius 2 is 1.39 bits per heavy atom. The Labute approximate surface area is 205 Å². The van der Waals surface area contributed by atoms with Gasteiger partial charge in [-0.15, -0.1) is 54.1 Å². The fraction of sp³-hybridized carbons (Fsp3) is 0. The van der Waals surface area contributed by atoms with Gasteiger partial charge in [0.2, 0.25) is 0 Å². The molecule has 1 radical (unpaired) electrons. The van der Waals surface area contributed by atoms with Crippen molar-refractivity contribution in [3.8, 4) is 33.6 Å². The summed E-state index contributed by atoms with van der Waals surface area (Å²) in [5, 5.41) is 0. The van der Waals surface area contributed by atoms with E-state index in [2.05, 4.69) is 40.3 Å². The molecule has 0 saturated carbocycles. The van der Waals surface area contributed by atoms with Crippen LogP contribution in [-0.4, -0.2) is 9.97 Å². The van der Waals surface area contributed by atoms with Crippen LogP contribution in [0.4, 0.5) is 8.78 Å². The van der Waals surface area contributed by atoms with E-state index >= 15 is 0 Å². The van der Waals surface area contributed by atoms with Crippen molar-refractivity contribution in [2.75, 3.05) is 0 Å². The van der Waals surface area contributed by atoms with E-state index in [-0.39, 0.29) is 25.7 Å². The van der Waals surface area contributed by atoms with Crippen molar-refractivity contribution in [2.24, 2.45) is 0 Å². The van der Waals surface area contributed by atoms with Crippen LogP contribution in [0.5, 0.6) is 0 Å². The molecule has 0 atom stereocenters. The smallest absolute Gasteiger partial charge is 0.0765 e. The van der Waals surface area contributed by atoms with Crippen LogP contribution in [-0.2, 0) is 20.1 Å². The molecule has 5 heteroatoms. The first-order valence-electron chi connectivity index (χ1n) is 9.98. The molecule has 0 aliphatic rings. The molecule has 2 heterocycles. The van der Waals surface area contributed by atoms with Gasteiger partial charge in [-0.25, -0.2) is 4.39 Å². The molecule has 0 spiro atoms. The molecule has 5 aromatic rings. The van der Waals surface area contributed by atoms with Gasteiger partial charge in [0.25, 0.3) is 0 Å². The van der Waals surface area contributed by atoms with Gasteiger partial charge in [-0.1, -0.05) is 60.2 Å². The Bertz CT molecular complexity index is 1210. The van der Waals surface area contributed by atoms with E-state index < -0.39 is 11.6 Å². The molecule has 0 fully saturated rings. The zero-order chi connectivity index (χ0) is 22.2. The Hall–Kier alpha value is -3.53. The monoisotopic (exact) mass is 613 g/mol. The summed E-state index contributed by atoms with van der Waals surface area (Å²) in [7, 11) is 0. The number of aromatic nitrogens is 2. The van der Waals surface area contributed by atoms with Crippen molar-refractivity contribution in [1.29, 1.82) is 0 Å². The predicted molar refractivity (Wildman–Crippen MR) is 122 cm³/mol. The number of halogens is 2. The Morgan fingerprint density at radius 1 is 0.606 bits per heavy atom. The maximum atomic E-state index is 13.2. The molecule has 0 amide bonds. The fourth-order valence-electron chi connectivity index (χ4n) is 3.06. The third kappa shape index (κ3) is 6.26. The van der Waals surface area contributed by atoms with Gasteiger partial charge >= 0.3 is 0 Å². The summed E-state index contributed by atoms with van der Waals surface area (Å²) in [6, 6.07) is 35.5. The first-order valence-corrected chi connectivity index (χ1v) is 9.98. The van der Waals surface area contributed by atoms with Gasteiger partial charge in [0.15, 0.2) is 0 Å². The second-order valence-corrected chi connectivity index (χ2v) is 6.80. The molecule has 0 N–H and O–H groups in total. The number of benzene rings is 3. The molecule has 33 heavy (non-hydrogen) atoms. The van der Waals surface area contributed by atoms with E-state index in [1.807, 2.05) is 54.7 Å². The Morgan fingerprint density at radius 3 is 2.06 bits per heavy atom. The van der Waals surface area contributed by atoms with Crippen molar-refractivity contribution in [3.63, 3.8) is 0 Å². The van der Waals surface area contributed by atoms with Crippen LogP contribution >= 0.6 is 0 Å². The van der Waals surface area contributed by atoms with E-state index in [1.54, 1.807) is 18.2 Å². The number of hydrogen-bond donors (Lipinski definition) is 0. The summed E-state index contributed by atoms with van der Waals surface area (Å²) in [4.78, 5) is 8.41. The van der Waals surface area contributed by atoms with E-state index in [1.165, 1.54) is 17.8 Å². The predicted octanol–water partition coefficient (Wildman–Crippen LogP) is 7.04. The molecular formula is C28H18F2IrN2-2.